The van der Waals surface area contributed by atoms with Gasteiger partial charge in [0.15, 0.2) is 11.5 Å². The quantitative estimate of drug-likeness (QED) is 0.251. The number of phenolic OH excluding ortho intramolecular Hbond substituents is 2. The number of nitrogens with zero attached hydrogens (tertiary/aromatic N) is 1. The second-order valence-corrected chi connectivity index (χ2v) is 3.08. The minimum Gasteiger partial charge on any atom is -0.504 e. The van der Waals surface area contributed by atoms with Crippen LogP contribution in [0.15, 0.2) is 18.2 Å². The molecule has 0 aromatic heterocycles. The topological polar surface area (TPSA) is 166 Å². The Labute approximate surface area is 96.3 Å². The first kappa shape index (κ1) is 14.6. The van der Waals surface area contributed by atoms with Crippen molar-refractivity contribution in [2.45, 2.75) is 12.5 Å². The summed E-state index contributed by atoms with van der Waals surface area (Å²) in [6, 6.07) is 3.09. The molecule has 8 nitrogen and oxygen atoms in total. The van der Waals surface area contributed by atoms with Crippen LogP contribution >= 0.6 is 0 Å². The zero-order valence-electron chi connectivity index (χ0n) is 8.79. The van der Waals surface area contributed by atoms with E-state index in [1.54, 1.807) is 0 Å². The van der Waals surface area contributed by atoms with Crippen LogP contribution in [0.5, 0.6) is 11.5 Å². The molecule has 0 heterocycles. The van der Waals surface area contributed by atoms with Crippen molar-refractivity contribution in [2.75, 3.05) is 0 Å². The number of aromatic hydroxyl groups is 2. The van der Waals surface area contributed by atoms with Crippen molar-refractivity contribution in [1.29, 1.82) is 11.1 Å². The molecule has 92 valence electrons. The second kappa shape index (κ2) is 6.94. The highest BCUT2D eigenvalue weighted by molar-refractivity contribution is 5.73. The number of rotatable bonds is 3. The molecule has 0 aliphatic heterocycles. The lowest BCUT2D eigenvalue weighted by atomic mass is 10.1. The lowest BCUT2D eigenvalue weighted by molar-refractivity contribution is -0.138. The number of nitrogens with two attached hydrogens (primary N) is 1. The zero-order chi connectivity index (χ0) is 13.4. The van der Waals surface area contributed by atoms with E-state index in [2.05, 4.69) is 0 Å². The molecule has 1 aromatic rings. The minimum atomic E-state index is -1.10. The Morgan fingerprint density at radius 2 is 1.88 bits per heavy atom. The van der Waals surface area contributed by atoms with Gasteiger partial charge in [0.2, 0.25) is 4.91 Å². The average molecular weight is 241 g/mol. The maximum atomic E-state index is 10.4. The number of hydrogen-bond acceptors (Lipinski definition) is 6. The number of phenols is 2. The summed E-state index contributed by atoms with van der Waals surface area (Å²) in [6.45, 7) is 0. The number of carbonyl (C=O) groups is 1. The van der Waals surface area contributed by atoms with Crippen LogP contribution < -0.4 is 10.6 Å². The Balaban J connectivity index is 0.000000770. The lowest BCUT2D eigenvalue weighted by Crippen LogP contribution is -2.32. The molecule has 17 heavy (non-hydrogen) atoms. The van der Waals surface area contributed by atoms with E-state index in [0.717, 1.165) is 0 Å². The number of nitrogens with one attached hydrogen (secondary N) is 2. The SMILES string of the molecule is N=[N+]=N.NC(Cc1ccc(O)c(O)c1)C(=O)O. The zero-order valence-corrected chi connectivity index (χ0v) is 8.79. The second-order valence-electron chi connectivity index (χ2n) is 3.08. The summed E-state index contributed by atoms with van der Waals surface area (Å²) in [4.78, 5) is 12.4. The summed E-state index contributed by atoms with van der Waals surface area (Å²) in [5.74, 6) is -1.62. The van der Waals surface area contributed by atoms with E-state index >= 15 is 0 Å². The summed E-state index contributed by atoms with van der Waals surface area (Å²) in [7, 11) is 0. The van der Waals surface area contributed by atoms with Gasteiger partial charge in [-0.05, 0) is 24.1 Å². The fourth-order valence-electron chi connectivity index (χ4n) is 1.04. The van der Waals surface area contributed by atoms with Crippen LogP contribution in [-0.2, 0) is 11.2 Å². The first-order valence-electron chi connectivity index (χ1n) is 4.44. The van der Waals surface area contributed by atoms with Crippen LogP contribution in [0.3, 0.4) is 0 Å². The van der Waals surface area contributed by atoms with Crippen LogP contribution in [0.1, 0.15) is 5.56 Å². The van der Waals surface area contributed by atoms with Gasteiger partial charge in [0, 0.05) is 0 Å². The van der Waals surface area contributed by atoms with Gasteiger partial charge in [0.05, 0.1) is 0 Å². The standard InChI is InChI=1S/C9H11NO4.H2N3/c10-6(9(13)14)3-5-1-2-7(11)8(12)4-5;1-3-2/h1-2,4,6,11-12H,3,10H2,(H,13,14);1-2H/q;+1. The van der Waals surface area contributed by atoms with Crippen molar-refractivity contribution >= 4 is 5.97 Å². The predicted molar refractivity (Wildman–Crippen MR) is 56.7 cm³/mol. The third-order valence-electron chi connectivity index (χ3n) is 1.81. The molecular formula is C9H13N4O4+. The van der Waals surface area contributed by atoms with E-state index < -0.39 is 12.0 Å². The maximum absolute atomic E-state index is 10.4. The molecule has 1 aromatic carbocycles. The van der Waals surface area contributed by atoms with Gasteiger partial charge in [-0.1, -0.05) is 6.07 Å². The normalized spacial score (nSPS) is 10.6. The highest BCUT2D eigenvalue weighted by atomic mass is 16.4. The van der Waals surface area contributed by atoms with Crippen LogP contribution in [0.4, 0.5) is 0 Å². The summed E-state index contributed by atoms with van der Waals surface area (Å²) >= 11 is 0. The van der Waals surface area contributed by atoms with E-state index in [9.17, 15) is 4.79 Å². The van der Waals surface area contributed by atoms with Crippen LogP contribution in [-0.4, -0.2) is 27.3 Å². The highest BCUT2D eigenvalue weighted by Gasteiger charge is 2.12. The van der Waals surface area contributed by atoms with Gasteiger partial charge in [-0.15, -0.1) is 0 Å². The summed E-state index contributed by atoms with van der Waals surface area (Å²) in [6.07, 6.45) is 0.114. The molecule has 0 radical (unpaired) electrons. The number of aliphatic carboxylic acids is 1. The van der Waals surface area contributed by atoms with E-state index in [4.69, 9.17) is 32.1 Å². The molecule has 1 rings (SSSR count). The van der Waals surface area contributed by atoms with Crippen LogP contribution in [0.2, 0.25) is 0 Å². The smallest absolute Gasteiger partial charge is 0.320 e. The summed E-state index contributed by atoms with van der Waals surface area (Å²) < 4.78 is 0. The van der Waals surface area contributed by atoms with Gasteiger partial charge >= 0.3 is 5.97 Å². The van der Waals surface area contributed by atoms with Gasteiger partial charge in [0.1, 0.15) is 17.1 Å². The average Bonchev–Trinajstić information content (AvgIpc) is 2.24. The Kier molecular flexibility index (Phi) is 5.94. The Morgan fingerprint density at radius 3 is 2.29 bits per heavy atom. The molecular weight excluding hydrogens is 228 g/mol. The summed E-state index contributed by atoms with van der Waals surface area (Å²) in [5, 5.41) is 26.6. The molecule has 0 spiro atoms. The molecule has 0 saturated heterocycles. The third-order valence-corrected chi connectivity index (χ3v) is 1.81. The van der Waals surface area contributed by atoms with E-state index in [1.807, 2.05) is 4.91 Å². The molecule has 0 aliphatic carbocycles. The monoisotopic (exact) mass is 241 g/mol. The fourth-order valence-corrected chi connectivity index (χ4v) is 1.04. The number of carboxylic acid groups (broad SMARTS) is 1. The van der Waals surface area contributed by atoms with Gasteiger partial charge in [0.25, 0.3) is 0 Å². The first-order chi connectivity index (χ1) is 7.92. The third kappa shape index (κ3) is 5.26. The van der Waals surface area contributed by atoms with E-state index in [-0.39, 0.29) is 17.9 Å². The first-order valence-corrected chi connectivity index (χ1v) is 4.44. The van der Waals surface area contributed by atoms with Crippen molar-refractivity contribution < 1.29 is 20.1 Å². The largest absolute Gasteiger partial charge is 0.504 e. The van der Waals surface area contributed by atoms with Crippen molar-refractivity contribution in [3.05, 3.63) is 23.8 Å². The molecule has 0 fully saturated rings. The van der Waals surface area contributed by atoms with Crippen molar-refractivity contribution in [3.8, 4) is 11.5 Å². The van der Waals surface area contributed by atoms with Crippen molar-refractivity contribution in [3.63, 3.8) is 0 Å². The predicted octanol–water partition coefficient (Wildman–Crippen LogP) is 0.168. The number of carboxylic acids is 1. The molecule has 0 aliphatic rings. The van der Waals surface area contributed by atoms with Crippen molar-refractivity contribution in [1.82, 2.24) is 4.91 Å². The Morgan fingerprint density at radius 1 is 1.35 bits per heavy atom. The highest BCUT2D eigenvalue weighted by Crippen LogP contribution is 2.25. The molecule has 8 heteroatoms. The fraction of sp³-hybridized carbons (Fsp3) is 0.222. The van der Waals surface area contributed by atoms with Gasteiger partial charge < -0.3 is 21.1 Å². The maximum Gasteiger partial charge on any atom is 0.320 e. The molecule has 0 bridgehead atoms. The molecule has 1 atom stereocenters. The number of benzene rings is 1. The van der Waals surface area contributed by atoms with Gasteiger partial charge in [-0.2, -0.15) is 0 Å². The molecule has 7 N–H and O–H groups in total. The Bertz CT molecular complexity index is 429. The van der Waals surface area contributed by atoms with Crippen molar-refractivity contribution in [2.24, 2.45) is 5.73 Å². The lowest BCUT2D eigenvalue weighted by Gasteiger charge is -2.06. The van der Waals surface area contributed by atoms with Crippen LogP contribution in [0.25, 0.3) is 0 Å². The summed E-state index contributed by atoms with van der Waals surface area (Å²) in [5.41, 5.74) is 16.9. The van der Waals surface area contributed by atoms with E-state index in [0.29, 0.717) is 5.56 Å². The minimum absolute atomic E-state index is 0.114. The van der Waals surface area contributed by atoms with Gasteiger partial charge in [-0.25, -0.2) is 0 Å². The van der Waals surface area contributed by atoms with Crippen LogP contribution in [0, 0.1) is 11.1 Å². The van der Waals surface area contributed by atoms with Gasteiger partial charge in [-0.3, -0.25) is 4.79 Å². The molecule has 1 unspecified atom stereocenters. The number of hydrogen-bond donors (Lipinski definition) is 6. The Hall–Kier alpha value is -2.44. The molecule has 0 amide bonds. The van der Waals surface area contributed by atoms with E-state index in [1.165, 1.54) is 18.2 Å². The molecule has 0 saturated carbocycles.